The van der Waals surface area contributed by atoms with Crippen LogP contribution in [0.5, 0.6) is 0 Å². The standard InChI is InChI=1S/C16H24FN3/c1-3-18-16(20-10-4-5-13(2)12-20)19-11-14-6-8-15(17)9-7-14/h6-9,13H,3-5,10-12H2,1-2H3,(H,18,19). The Morgan fingerprint density at radius 3 is 2.80 bits per heavy atom. The van der Waals surface area contributed by atoms with E-state index in [1.54, 1.807) is 12.1 Å². The van der Waals surface area contributed by atoms with Crippen molar-refractivity contribution >= 4 is 5.96 Å². The van der Waals surface area contributed by atoms with E-state index in [0.29, 0.717) is 6.54 Å². The Balaban J connectivity index is 2.03. The lowest BCUT2D eigenvalue weighted by molar-refractivity contribution is 0.266. The summed E-state index contributed by atoms with van der Waals surface area (Å²) in [6, 6.07) is 6.56. The number of hydrogen-bond acceptors (Lipinski definition) is 1. The van der Waals surface area contributed by atoms with Gasteiger partial charge in [-0.15, -0.1) is 0 Å². The van der Waals surface area contributed by atoms with Crippen molar-refractivity contribution in [3.63, 3.8) is 0 Å². The largest absolute Gasteiger partial charge is 0.357 e. The maximum atomic E-state index is 12.9. The number of rotatable bonds is 3. The summed E-state index contributed by atoms with van der Waals surface area (Å²) in [4.78, 5) is 7.02. The van der Waals surface area contributed by atoms with Gasteiger partial charge in [-0.1, -0.05) is 19.1 Å². The number of aliphatic imine (C=N–C) groups is 1. The van der Waals surface area contributed by atoms with Gasteiger partial charge in [0.1, 0.15) is 5.82 Å². The average molecular weight is 277 g/mol. The summed E-state index contributed by atoms with van der Waals surface area (Å²) in [5.74, 6) is 1.50. The van der Waals surface area contributed by atoms with Crippen LogP contribution in [-0.4, -0.2) is 30.5 Å². The van der Waals surface area contributed by atoms with Gasteiger partial charge in [0.2, 0.25) is 0 Å². The molecule has 0 spiro atoms. The van der Waals surface area contributed by atoms with Crippen molar-refractivity contribution in [1.29, 1.82) is 0 Å². The molecule has 110 valence electrons. The van der Waals surface area contributed by atoms with E-state index in [1.165, 1.54) is 25.0 Å². The molecule has 0 amide bonds. The molecular formula is C16H24FN3. The predicted molar refractivity (Wildman–Crippen MR) is 81.2 cm³/mol. The van der Waals surface area contributed by atoms with Crippen molar-refractivity contribution in [3.8, 4) is 0 Å². The molecule has 1 heterocycles. The van der Waals surface area contributed by atoms with Crippen LogP contribution >= 0.6 is 0 Å². The molecule has 1 unspecified atom stereocenters. The van der Waals surface area contributed by atoms with E-state index in [2.05, 4.69) is 29.1 Å². The number of nitrogens with zero attached hydrogens (tertiary/aromatic N) is 2. The molecule has 1 saturated heterocycles. The van der Waals surface area contributed by atoms with Crippen molar-refractivity contribution in [3.05, 3.63) is 35.6 Å². The van der Waals surface area contributed by atoms with Crippen LogP contribution in [0.3, 0.4) is 0 Å². The molecular weight excluding hydrogens is 253 g/mol. The number of likely N-dealkylation sites (tertiary alicyclic amines) is 1. The highest BCUT2D eigenvalue weighted by molar-refractivity contribution is 5.80. The van der Waals surface area contributed by atoms with Crippen LogP contribution in [0.1, 0.15) is 32.3 Å². The zero-order valence-electron chi connectivity index (χ0n) is 12.4. The number of benzene rings is 1. The number of nitrogens with one attached hydrogen (secondary N) is 1. The quantitative estimate of drug-likeness (QED) is 0.679. The van der Waals surface area contributed by atoms with E-state index < -0.39 is 0 Å². The maximum absolute atomic E-state index is 12.9. The monoisotopic (exact) mass is 277 g/mol. The van der Waals surface area contributed by atoms with Crippen molar-refractivity contribution < 1.29 is 4.39 Å². The van der Waals surface area contributed by atoms with Gasteiger partial charge in [-0.25, -0.2) is 9.38 Å². The molecule has 1 N–H and O–H groups in total. The third-order valence-electron chi connectivity index (χ3n) is 3.62. The van der Waals surface area contributed by atoms with E-state index >= 15 is 0 Å². The third-order valence-corrected chi connectivity index (χ3v) is 3.62. The summed E-state index contributed by atoms with van der Waals surface area (Å²) in [5, 5.41) is 3.36. The van der Waals surface area contributed by atoms with Crippen molar-refractivity contribution in [2.75, 3.05) is 19.6 Å². The van der Waals surface area contributed by atoms with Gasteiger partial charge in [0.15, 0.2) is 5.96 Å². The van der Waals surface area contributed by atoms with Crippen molar-refractivity contribution in [2.24, 2.45) is 10.9 Å². The Kier molecular flexibility index (Phi) is 5.39. The molecule has 0 aromatic heterocycles. The molecule has 0 bridgehead atoms. The fraction of sp³-hybridized carbons (Fsp3) is 0.562. The Labute approximate surface area is 120 Å². The fourth-order valence-electron chi connectivity index (χ4n) is 2.56. The van der Waals surface area contributed by atoms with Crippen LogP contribution in [0, 0.1) is 11.7 Å². The zero-order valence-corrected chi connectivity index (χ0v) is 12.4. The molecule has 0 radical (unpaired) electrons. The molecule has 20 heavy (non-hydrogen) atoms. The molecule has 1 aliphatic rings. The number of halogens is 1. The Bertz CT molecular complexity index is 442. The van der Waals surface area contributed by atoms with Gasteiger partial charge in [0.25, 0.3) is 0 Å². The molecule has 3 nitrogen and oxygen atoms in total. The van der Waals surface area contributed by atoms with Crippen molar-refractivity contribution in [1.82, 2.24) is 10.2 Å². The summed E-state index contributed by atoms with van der Waals surface area (Å²) in [7, 11) is 0. The summed E-state index contributed by atoms with van der Waals surface area (Å²) >= 11 is 0. The number of piperidine rings is 1. The summed E-state index contributed by atoms with van der Waals surface area (Å²) in [5.41, 5.74) is 1.03. The van der Waals surface area contributed by atoms with Gasteiger partial charge in [-0.3, -0.25) is 0 Å². The first-order chi connectivity index (χ1) is 9.69. The van der Waals surface area contributed by atoms with Gasteiger partial charge in [0, 0.05) is 19.6 Å². The van der Waals surface area contributed by atoms with Crippen LogP contribution in [-0.2, 0) is 6.54 Å². The second-order valence-electron chi connectivity index (χ2n) is 5.49. The van der Waals surface area contributed by atoms with E-state index in [-0.39, 0.29) is 5.82 Å². The highest BCUT2D eigenvalue weighted by Gasteiger charge is 2.18. The first-order valence-corrected chi connectivity index (χ1v) is 7.46. The minimum atomic E-state index is -0.200. The van der Waals surface area contributed by atoms with Gasteiger partial charge >= 0.3 is 0 Å². The molecule has 1 aromatic rings. The van der Waals surface area contributed by atoms with Crippen molar-refractivity contribution in [2.45, 2.75) is 33.2 Å². The molecule has 4 heteroatoms. The maximum Gasteiger partial charge on any atom is 0.194 e. The molecule has 1 aliphatic heterocycles. The van der Waals surface area contributed by atoms with Gasteiger partial charge in [0.05, 0.1) is 6.54 Å². The lowest BCUT2D eigenvalue weighted by Gasteiger charge is -2.33. The van der Waals surface area contributed by atoms with Crippen LogP contribution in [0.4, 0.5) is 4.39 Å². The first-order valence-electron chi connectivity index (χ1n) is 7.46. The van der Waals surface area contributed by atoms with E-state index in [1.807, 2.05) is 0 Å². The Hall–Kier alpha value is -1.58. The average Bonchev–Trinajstić information content (AvgIpc) is 2.45. The zero-order chi connectivity index (χ0) is 14.4. The van der Waals surface area contributed by atoms with Gasteiger partial charge < -0.3 is 10.2 Å². The molecule has 1 fully saturated rings. The Morgan fingerprint density at radius 2 is 2.15 bits per heavy atom. The van der Waals surface area contributed by atoms with E-state index in [0.717, 1.165) is 37.1 Å². The minimum absolute atomic E-state index is 0.200. The lowest BCUT2D eigenvalue weighted by Crippen LogP contribution is -2.46. The van der Waals surface area contributed by atoms with E-state index in [4.69, 9.17) is 0 Å². The summed E-state index contributed by atoms with van der Waals surface area (Å²) in [6.07, 6.45) is 2.52. The molecule has 2 rings (SSSR count). The normalized spacial score (nSPS) is 20.1. The van der Waals surface area contributed by atoms with Gasteiger partial charge in [-0.05, 0) is 43.4 Å². The molecule has 1 aromatic carbocycles. The van der Waals surface area contributed by atoms with Crippen LogP contribution < -0.4 is 5.32 Å². The highest BCUT2D eigenvalue weighted by atomic mass is 19.1. The fourth-order valence-corrected chi connectivity index (χ4v) is 2.56. The van der Waals surface area contributed by atoms with Crippen LogP contribution in [0.15, 0.2) is 29.3 Å². The van der Waals surface area contributed by atoms with Gasteiger partial charge in [-0.2, -0.15) is 0 Å². The minimum Gasteiger partial charge on any atom is -0.357 e. The molecule has 0 aliphatic carbocycles. The highest BCUT2D eigenvalue weighted by Crippen LogP contribution is 2.15. The topological polar surface area (TPSA) is 27.6 Å². The smallest absolute Gasteiger partial charge is 0.194 e. The van der Waals surface area contributed by atoms with Crippen LogP contribution in [0.2, 0.25) is 0 Å². The predicted octanol–water partition coefficient (Wildman–Crippen LogP) is 3.02. The van der Waals surface area contributed by atoms with E-state index in [9.17, 15) is 4.39 Å². The lowest BCUT2D eigenvalue weighted by atomic mass is 10.0. The number of guanidine groups is 1. The second-order valence-corrected chi connectivity index (χ2v) is 5.49. The SMILES string of the molecule is CCNC(=NCc1ccc(F)cc1)N1CCCC(C)C1. The Morgan fingerprint density at radius 1 is 1.40 bits per heavy atom. The van der Waals surface area contributed by atoms with Crippen LogP contribution in [0.25, 0.3) is 0 Å². The summed E-state index contributed by atoms with van der Waals surface area (Å²) < 4.78 is 12.9. The molecule has 0 saturated carbocycles. The third kappa shape index (κ3) is 4.22. The number of hydrogen-bond donors (Lipinski definition) is 1. The molecule has 1 atom stereocenters. The first kappa shape index (κ1) is 14.8. The summed E-state index contributed by atoms with van der Waals surface area (Å²) in [6.45, 7) is 7.96. The second kappa shape index (κ2) is 7.27.